The molecule has 11 heteroatoms. The molecule has 3 aliphatic rings. The standard InChI is InChI=1S/C27H32N8O2.C2H6.CH4O/c1-18-19(2)35(24-6-4-5-23(30-24)34-15-16-37-27(34)36)25-22(18)17-28-26(31-25)29-20-7-9-21(10-8-20)33-13-11-32(3)12-14-33;2*1-2/h4-10,17-19H,11-16H2,1-3H3,(H,28,29,31);1-2H3;2H,1H3/t18?,19-;;/m0../s1. The average Bonchev–Trinajstić information content (AvgIpc) is 3.56. The van der Waals surface area contributed by atoms with Gasteiger partial charge in [0.25, 0.3) is 0 Å². The molecule has 41 heavy (non-hydrogen) atoms. The average molecular weight is 563 g/mol. The van der Waals surface area contributed by atoms with E-state index in [1.807, 2.05) is 38.2 Å². The van der Waals surface area contributed by atoms with Crippen molar-refractivity contribution < 1.29 is 14.6 Å². The number of piperazine rings is 1. The van der Waals surface area contributed by atoms with E-state index in [2.05, 4.69) is 70.2 Å². The summed E-state index contributed by atoms with van der Waals surface area (Å²) in [6, 6.07) is 14.3. The Morgan fingerprint density at radius 3 is 2.27 bits per heavy atom. The third-order valence-corrected chi connectivity index (χ3v) is 7.64. The van der Waals surface area contributed by atoms with Crippen molar-refractivity contribution in [3.63, 3.8) is 0 Å². The van der Waals surface area contributed by atoms with Crippen LogP contribution < -0.4 is 20.0 Å². The Morgan fingerprint density at radius 2 is 1.61 bits per heavy atom. The minimum Gasteiger partial charge on any atom is -0.447 e. The van der Waals surface area contributed by atoms with E-state index in [9.17, 15) is 4.79 Å². The van der Waals surface area contributed by atoms with Gasteiger partial charge in [-0.25, -0.2) is 14.8 Å². The number of amides is 1. The van der Waals surface area contributed by atoms with Crippen LogP contribution in [0, 0.1) is 0 Å². The summed E-state index contributed by atoms with van der Waals surface area (Å²) < 4.78 is 5.10. The minimum absolute atomic E-state index is 0.135. The van der Waals surface area contributed by atoms with Crippen molar-refractivity contribution >= 4 is 40.9 Å². The van der Waals surface area contributed by atoms with Gasteiger partial charge >= 0.3 is 6.09 Å². The largest absolute Gasteiger partial charge is 0.447 e. The highest BCUT2D eigenvalue weighted by Gasteiger charge is 2.37. The molecule has 220 valence electrons. The predicted molar refractivity (Wildman–Crippen MR) is 164 cm³/mol. The van der Waals surface area contributed by atoms with Crippen molar-refractivity contribution in [3.05, 3.63) is 54.2 Å². The van der Waals surface area contributed by atoms with Gasteiger partial charge in [0.2, 0.25) is 5.95 Å². The van der Waals surface area contributed by atoms with E-state index in [1.165, 1.54) is 5.69 Å². The van der Waals surface area contributed by atoms with Crippen molar-refractivity contribution in [2.24, 2.45) is 0 Å². The lowest BCUT2D eigenvalue weighted by Crippen LogP contribution is -2.44. The molecule has 2 aromatic heterocycles. The number of nitrogens with one attached hydrogen (secondary N) is 1. The number of hydrogen-bond acceptors (Lipinski definition) is 10. The number of carbonyl (C=O) groups excluding carboxylic acids is 1. The molecule has 2 fully saturated rings. The maximum atomic E-state index is 12.1. The van der Waals surface area contributed by atoms with Crippen LogP contribution in [0.3, 0.4) is 0 Å². The van der Waals surface area contributed by atoms with Crippen molar-refractivity contribution in [3.8, 4) is 0 Å². The zero-order chi connectivity index (χ0) is 29.5. The number of rotatable bonds is 5. The number of aromatic nitrogens is 3. The Balaban J connectivity index is 0.000000929. The van der Waals surface area contributed by atoms with Crippen LogP contribution in [0.5, 0.6) is 0 Å². The molecule has 0 aliphatic carbocycles. The SMILES string of the molecule is CC.CC1c2cnc(Nc3ccc(N4CCN(C)CC4)cc3)nc2N(c2cccc(N3CCOC3=O)n2)[C@H]1C.CO. The summed E-state index contributed by atoms with van der Waals surface area (Å²) in [6.07, 6.45) is 1.55. The Bertz CT molecular complexity index is 1300. The highest BCUT2D eigenvalue weighted by molar-refractivity contribution is 5.88. The molecule has 6 rings (SSSR count). The molecule has 1 unspecified atom stereocenters. The normalized spacial score (nSPS) is 20.0. The summed E-state index contributed by atoms with van der Waals surface area (Å²) in [4.78, 5) is 34.9. The lowest BCUT2D eigenvalue weighted by molar-refractivity contribution is 0.181. The summed E-state index contributed by atoms with van der Waals surface area (Å²) in [7, 11) is 3.17. The third kappa shape index (κ3) is 6.36. The Labute approximate surface area is 242 Å². The van der Waals surface area contributed by atoms with Crippen molar-refractivity contribution in [2.45, 2.75) is 39.7 Å². The molecule has 3 aliphatic heterocycles. The van der Waals surface area contributed by atoms with Crippen molar-refractivity contribution in [2.75, 3.05) is 73.5 Å². The van der Waals surface area contributed by atoms with Crippen molar-refractivity contribution in [1.82, 2.24) is 19.9 Å². The molecule has 2 atom stereocenters. The fourth-order valence-corrected chi connectivity index (χ4v) is 5.20. The smallest absolute Gasteiger partial charge is 0.415 e. The molecule has 1 amide bonds. The fourth-order valence-electron chi connectivity index (χ4n) is 5.20. The van der Waals surface area contributed by atoms with E-state index < -0.39 is 0 Å². The van der Waals surface area contributed by atoms with Crippen LogP contribution in [0.25, 0.3) is 0 Å². The van der Waals surface area contributed by atoms with Crippen LogP contribution in [0.15, 0.2) is 48.7 Å². The lowest BCUT2D eigenvalue weighted by atomic mass is 10.0. The number of anilines is 6. The summed E-state index contributed by atoms with van der Waals surface area (Å²) >= 11 is 0. The molecular weight excluding hydrogens is 520 g/mol. The highest BCUT2D eigenvalue weighted by Crippen LogP contribution is 2.43. The molecule has 2 N–H and O–H groups in total. The minimum atomic E-state index is -0.361. The van der Waals surface area contributed by atoms with Gasteiger partial charge in [-0.05, 0) is 50.4 Å². The molecule has 0 spiro atoms. The van der Waals surface area contributed by atoms with Gasteiger partial charge in [-0.3, -0.25) is 4.90 Å². The van der Waals surface area contributed by atoms with Gasteiger partial charge in [0, 0.05) is 68.4 Å². The summed E-state index contributed by atoms with van der Waals surface area (Å²) in [5, 5.41) is 10.4. The van der Waals surface area contributed by atoms with Gasteiger partial charge in [-0.1, -0.05) is 26.8 Å². The van der Waals surface area contributed by atoms with Crippen LogP contribution in [0.4, 0.5) is 39.6 Å². The maximum absolute atomic E-state index is 12.1. The molecule has 5 heterocycles. The van der Waals surface area contributed by atoms with Crippen LogP contribution in [-0.4, -0.2) is 90.6 Å². The first-order valence-corrected chi connectivity index (χ1v) is 14.3. The summed E-state index contributed by atoms with van der Waals surface area (Å²) in [5.41, 5.74) is 3.25. The molecule has 0 saturated carbocycles. The number of aliphatic hydroxyl groups is 1. The van der Waals surface area contributed by atoms with E-state index in [0.717, 1.165) is 56.2 Å². The number of aliphatic hydroxyl groups excluding tert-OH is 1. The molecule has 2 saturated heterocycles. The monoisotopic (exact) mass is 562 g/mol. The first-order valence-electron chi connectivity index (χ1n) is 14.3. The van der Waals surface area contributed by atoms with E-state index in [-0.39, 0.29) is 18.1 Å². The third-order valence-electron chi connectivity index (χ3n) is 7.64. The Morgan fingerprint density at radius 1 is 0.927 bits per heavy atom. The Kier molecular flexibility index (Phi) is 9.95. The van der Waals surface area contributed by atoms with E-state index in [4.69, 9.17) is 19.8 Å². The highest BCUT2D eigenvalue weighted by atomic mass is 16.6. The molecule has 3 aromatic rings. The van der Waals surface area contributed by atoms with E-state index in [1.54, 1.807) is 4.90 Å². The number of ether oxygens (including phenoxy) is 1. The second-order valence-electron chi connectivity index (χ2n) is 9.95. The van der Waals surface area contributed by atoms with Crippen molar-refractivity contribution in [1.29, 1.82) is 0 Å². The van der Waals surface area contributed by atoms with Gasteiger partial charge in [-0.2, -0.15) is 4.98 Å². The number of nitrogens with zero attached hydrogens (tertiary/aromatic N) is 7. The topological polar surface area (TPSA) is 110 Å². The predicted octanol–water partition coefficient (Wildman–Crippen LogP) is 4.60. The second kappa shape index (κ2) is 13.6. The molecular formula is C30H42N8O3. The van der Waals surface area contributed by atoms with Crippen LogP contribution in [-0.2, 0) is 4.74 Å². The zero-order valence-electron chi connectivity index (χ0n) is 24.9. The van der Waals surface area contributed by atoms with Gasteiger partial charge in [0.1, 0.15) is 24.1 Å². The number of likely N-dealkylation sites (N-methyl/N-ethyl adjacent to an activating group) is 1. The summed E-state index contributed by atoms with van der Waals surface area (Å²) in [5.74, 6) is 2.93. The fraction of sp³-hybridized carbons (Fsp3) is 0.467. The summed E-state index contributed by atoms with van der Waals surface area (Å²) in [6.45, 7) is 13.5. The maximum Gasteiger partial charge on any atom is 0.415 e. The van der Waals surface area contributed by atoms with Gasteiger partial charge in [-0.15, -0.1) is 0 Å². The second-order valence-corrected chi connectivity index (χ2v) is 9.95. The molecule has 0 radical (unpaired) electrons. The number of fused-ring (bicyclic) bond motifs is 1. The molecule has 11 nitrogen and oxygen atoms in total. The van der Waals surface area contributed by atoms with Gasteiger partial charge in [0.15, 0.2) is 0 Å². The number of pyridine rings is 1. The first-order chi connectivity index (χ1) is 20.0. The van der Waals surface area contributed by atoms with Gasteiger partial charge in [0.05, 0.1) is 6.54 Å². The van der Waals surface area contributed by atoms with Crippen LogP contribution in [0.1, 0.15) is 39.2 Å². The number of hydrogen-bond donors (Lipinski definition) is 2. The molecule has 1 aromatic carbocycles. The van der Waals surface area contributed by atoms with E-state index >= 15 is 0 Å². The number of cyclic esters (lactones) is 1. The molecule has 0 bridgehead atoms. The number of carbonyl (C=O) groups is 1. The zero-order valence-corrected chi connectivity index (χ0v) is 24.9. The number of benzene rings is 1. The lowest BCUT2D eigenvalue weighted by Gasteiger charge is -2.34. The van der Waals surface area contributed by atoms with Gasteiger partial charge < -0.3 is 29.9 Å². The van der Waals surface area contributed by atoms with E-state index in [0.29, 0.717) is 24.9 Å². The Hall–Kier alpha value is -3.96. The quantitative estimate of drug-likeness (QED) is 0.458. The first kappa shape index (κ1) is 30.0. The van der Waals surface area contributed by atoms with Crippen LogP contribution in [0.2, 0.25) is 0 Å². The van der Waals surface area contributed by atoms with Crippen LogP contribution >= 0.6 is 0 Å².